The van der Waals surface area contributed by atoms with Crippen LogP contribution in [0.1, 0.15) is 32.4 Å². The third-order valence-corrected chi connectivity index (χ3v) is 2.58. The average Bonchev–Trinajstić information content (AvgIpc) is 2.27. The van der Waals surface area contributed by atoms with E-state index in [9.17, 15) is 23.1 Å². The Labute approximate surface area is 124 Å². The second-order valence-corrected chi connectivity index (χ2v) is 5.72. The van der Waals surface area contributed by atoms with E-state index in [1.54, 1.807) is 20.8 Å². The van der Waals surface area contributed by atoms with Crippen LogP contribution in [-0.2, 0) is 4.74 Å². The Morgan fingerprint density at radius 2 is 1.90 bits per heavy atom. The van der Waals surface area contributed by atoms with Gasteiger partial charge in [0.05, 0.1) is 10.7 Å². The van der Waals surface area contributed by atoms with Crippen molar-refractivity contribution in [2.45, 2.75) is 38.7 Å². The number of ether oxygens (including phenoxy) is 1. The second kappa shape index (κ2) is 6.11. The standard InChI is InChI=1S/C13H15ClF3NO3/c1-12(2,3)21-11(20)18-9-6-7(4-5-8(9)14)10(19)13(15,16)17/h4-6,10,19H,1-3H3,(H,18,20)/t10-/m0/s1. The number of amides is 1. The van der Waals surface area contributed by atoms with Gasteiger partial charge in [-0.15, -0.1) is 0 Å². The molecule has 1 atom stereocenters. The predicted octanol–water partition coefficient (Wildman–Crippen LogP) is 4.28. The molecule has 1 aromatic rings. The molecule has 0 aliphatic heterocycles. The van der Waals surface area contributed by atoms with Gasteiger partial charge >= 0.3 is 12.3 Å². The van der Waals surface area contributed by atoms with E-state index in [0.29, 0.717) is 0 Å². The molecule has 0 aliphatic rings. The molecule has 8 heteroatoms. The largest absolute Gasteiger partial charge is 0.444 e. The van der Waals surface area contributed by atoms with E-state index in [-0.39, 0.29) is 10.7 Å². The first-order valence-electron chi connectivity index (χ1n) is 5.94. The number of hydrogen-bond acceptors (Lipinski definition) is 3. The van der Waals surface area contributed by atoms with Gasteiger partial charge in [0.1, 0.15) is 5.60 Å². The van der Waals surface area contributed by atoms with Crippen molar-refractivity contribution in [2.75, 3.05) is 5.32 Å². The zero-order valence-electron chi connectivity index (χ0n) is 11.6. The summed E-state index contributed by atoms with van der Waals surface area (Å²) in [4.78, 5) is 11.6. The van der Waals surface area contributed by atoms with Crippen LogP contribution in [0.2, 0.25) is 5.02 Å². The molecule has 1 amide bonds. The molecule has 0 saturated carbocycles. The molecule has 0 bridgehead atoms. The molecule has 1 rings (SSSR count). The molecule has 0 aromatic heterocycles. The van der Waals surface area contributed by atoms with Crippen LogP contribution in [0.25, 0.3) is 0 Å². The minimum atomic E-state index is -4.81. The summed E-state index contributed by atoms with van der Waals surface area (Å²) in [5.41, 5.74) is -1.27. The lowest BCUT2D eigenvalue weighted by Crippen LogP contribution is -2.27. The van der Waals surface area contributed by atoms with Crippen molar-refractivity contribution in [3.63, 3.8) is 0 Å². The SMILES string of the molecule is CC(C)(C)OC(=O)Nc1cc([C@H](O)C(F)(F)F)ccc1Cl. The van der Waals surface area contributed by atoms with Crippen molar-refractivity contribution in [3.8, 4) is 0 Å². The van der Waals surface area contributed by atoms with Crippen LogP contribution >= 0.6 is 11.6 Å². The van der Waals surface area contributed by atoms with Crippen LogP contribution in [0.4, 0.5) is 23.7 Å². The quantitative estimate of drug-likeness (QED) is 0.853. The fraction of sp³-hybridized carbons (Fsp3) is 0.462. The summed E-state index contributed by atoms with van der Waals surface area (Å²) in [6.07, 6.45) is -8.33. The summed E-state index contributed by atoms with van der Waals surface area (Å²) in [7, 11) is 0. The third kappa shape index (κ3) is 5.43. The third-order valence-electron chi connectivity index (χ3n) is 2.25. The number of anilines is 1. The number of halogens is 4. The van der Waals surface area contributed by atoms with Crippen molar-refractivity contribution in [1.29, 1.82) is 0 Å². The summed E-state index contributed by atoms with van der Waals surface area (Å²) in [6, 6.07) is 3.13. The van der Waals surface area contributed by atoms with Crippen LogP contribution in [0.5, 0.6) is 0 Å². The highest BCUT2D eigenvalue weighted by atomic mass is 35.5. The normalized spacial score (nSPS) is 13.7. The second-order valence-electron chi connectivity index (χ2n) is 5.31. The number of hydrogen-bond donors (Lipinski definition) is 2. The molecule has 0 spiro atoms. The van der Waals surface area contributed by atoms with Crippen molar-refractivity contribution < 1.29 is 27.8 Å². The molecule has 0 aliphatic carbocycles. The number of carbonyl (C=O) groups is 1. The summed E-state index contributed by atoms with van der Waals surface area (Å²) in [5.74, 6) is 0. The van der Waals surface area contributed by atoms with Gasteiger partial charge in [0.2, 0.25) is 0 Å². The van der Waals surface area contributed by atoms with Gasteiger partial charge in [-0.3, -0.25) is 5.32 Å². The van der Waals surface area contributed by atoms with Gasteiger partial charge < -0.3 is 9.84 Å². The van der Waals surface area contributed by atoms with E-state index in [1.807, 2.05) is 0 Å². The highest BCUT2D eigenvalue weighted by molar-refractivity contribution is 6.33. The molecule has 118 valence electrons. The summed E-state index contributed by atoms with van der Waals surface area (Å²) in [5, 5.41) is 11.4. The average molecular weight is 326 g/mol. The Bertz CT molecular complexity index is 526. The van der Waals surface area contributed by atoms with E-state index in [4.69, 9.17) is 16.3 Å². The number of carbonyl (C=O) groups excluding carboxylic acids is 1. The maximum absolute atomic E-state index is 12.5. The predicted molar refractivity (Wildman–Crippen MR) is 72.3 cm³/mol. The van der Waals surface area contributed by atoms with Crippen molar-refractivity contribution in [2.24, 2.45) is 0 Å². The first-order valence-corrected chi connectivity index (χ1v) is 6.32. The lowest BCUT2D eigenvalue weighted by Gasteiger charge is -2.20. The van der Waals surface area contributed by atoms with E-state index in [1.165, 1.54) is 0 Å². The van der Waals surface area contributed by atoms with Crippen LogP contribution in [0, 0.1) is 0 Å². The zero-order valence-corrected chi connectivity index (χ0v) is 12.3. The molecule has 0 heterocycles. The van der Waals surface area contributed by atoms with Gasteiger partial charge in [0.25, 0.3) is 0 Å². The topological polar surface area (TPSA) is 58.6 Å². The van der Waals surface area contributed by atoms with Gasteiger partial charge in [0, 0.05) is 0 Å². The highest BCUT2D eigenvalue weighted by Gasteiger charge is 2.39. The van der Waals surface area contributed by atoms with Crippen LogP contribution in [-0.4, -0.2) is 23.0 Å². The minimum absolute atomic E-state index is 0.0268. The molecule has 0 saturated heterocycles. The highest BCUT2D eigenvalue weighted by Crippen LogP contribution is 2.35. The van der Waals surface area contributed by atoms with E-state index < -0.39 is 29.5 Å². The van der Waals surface area contributed by atoms with Gasteiger partial charge in [-0.25, -0.2) is 4.79 Å². The Balaban J connectivity index is 2.96. The molecule has 1 aromatic carbocycles. The number of benzene rings is 1. The molecule has 0 fully saturated rings. The molecule has 0 radical (unpaired) electrons. The van der Waals surface area contributed by atoms with Crippen LogP contribution in [0.15, 0.2) is 18.2 Å². The maximum atomic E-state index is 12.5. The van der Waals surface area contributed by atoms with Gasteiger partial charge in [0.15, 0.2) is 6.10 Å². The number of alkyl halides is 3. The number of nitrogens with one attached hydrogen (secondary N) is 1. The summed E-state index contributed by atoms with van der Waals surface area (Å²) < 4.78 is 42.3. The fourth-order valence-corrected chi connectivity index (χ4v) is 1.58. The first-order chi connectivity index (χ1) is 9.40. The zero-order chi connectivity index (χ0) is 16.4. The van der Waals surface area contributed by atoms with Crippen molar-refractivity contribution in [1.82, 2.24) is 0 Å². The number of aliphatic hydroxyl groups excluding tert-OH is 1. The van der Waals surface area contributed by atoms with E-state index in [2.05, 4.69) is 5.32 Å². The lowest BCUT2D eigenvalue weighted by atomic mass is 10.1. The number of aliphatic hydroxyl groups is 1. The maximum Gasteiger partial charge on any atom is 0.418 e. The summed E-state index contributed by atoms with van der Waals surface area (Å²) in [6.45, 7) is 4.91. The van der Waals surface area contributed by atoms with Crippen LogP contribution < -0.4 is 5.32 Å². The Hall–Kier alpha value is -1.47. The molecule has 0 unspecified atom stereocenters. The molecular weight excluding hydrogens is 311 g/mol. The Morgan fingerprint density at radius 3 is 2.38 bits per heavy atom. The monoisotopic (exact) mass is 325 g/mol. The first kappa shape index (κ1) is 17.6. The van der Waals surface area contributed by atoms with Gasteiger partial charge in [-0.1, -0.05) is 17.7 Å². The lowest BCUT2D eigenvalue weighted by molar-refractivity contribution is -0.206. The molecule has 4 nitrogen and oxygen atoms in total. The van der Waals surface area contributed by atoms with Crippen molar-refractivity contribution in [3.05, 3.63) is 28.8 Å². The molecular formula is C13H15ClF3NO3. The van der Waals surface area contributed by atoms with Crippen molar-refractivity contribution >= 4 is 23.4 Å². The smallest absolute Gasteiger partial charge is 0.418 e. The Morgan fingerprint density at radius 1 is 1.33 bits per heavy atom. The molecule has 2 N–H and O–H groups in total. The molecule has 21 heavy (non-hydrogen) atoms. The number of rotatable bonds is 2. The summed E-state index contributed by atoms with van der Waals surface area (Å²) >= 11 is 5.80. The fourth-order valence-electron chi connectivity index (χ4n) is 1.41. The van der Waals surface area contributed by atoms with Gasteiger partial charge in [-0.2, -0.15) is 13.2 Å². The van der Waals surface area contributed by atoms with Gasteiger partial charge in [-0.05, 0) is 38.5 Å². The Kier molecular flexibility index (Phi) is 5.11. The van der Waals surface area contributed by atoms with E-state index in [0.717, 1.165) is 18.2 Å². The van der Waals surface area contributed by atoms with E-state index >= 15 is 0 Å². The van der Waals surface area contributed by atoms with Crippen LogP contribution in [0.3, 0.4) is 0 Å². The minimum Gasteiger partial charge on any atom is -0.444 e.